The van der Waals surface area contributed by atoms with Crippen LogP contribution >= 0.6 is 0 Å². The van der Waals surface area contributed by atoms with Gasteiger partial charge in [0.15, 0.2) is 0 Å². The van der Waals surface area contributed by atoms with Crippen molar-refractivity contribution in [2.24, 2.45) is 0 Å². The van der Waals surface area contributed by atoms with Crippen LogP contribution in [0.5, 0.6) is 0 Å². The highest BCUT2D eigenvalue weighted by Gasteiger charge is 2.22. The first-order chi connectivity index (χ1) is 28.8. The monoisotopic (exact) mass is 832 g/mol. The van der Waals surface area contributed by atoms with Crippen LogP contribution in [0.15, 0.2) is 9.59 Å². The van der Waals surface area contributed by atoms with Gasteiger partial charge in [0, 0.05) is 52.6 Å². The number of hydrogen-bond donors (Lipinski definition) is 2. The summed E-state index contributed by atoms with van der Waals surface area (Å²) in [5.41, 5.74) is -0.149. The van der Waals surface area contributed by atoms with Crippen LogP contribution in [0.3, 0.4) is 0 Å². The fraction of sp³-hybridized carbons (Fsp3) is 0.880. The second-order valence-corrected chi connectivity index (χ2v) is 17.3. The summed E-state index contributed by atoms with van der Waals surface area (Å²) >= 11 is 0. The first kappa shape index (κ1) is 54.8. The molecule has 0 bridgehead atoms. The highest BCUT2D eigenvalue weighted by molar-refractivity contribution is 5.78. The van der Waals surface area contributed by atoms with Gasteiger partial charge >= 0.3 is 5.97 Å². The molecule has 0 fully saturated rings. The van der Waals surface area contributed by atoms with Gasteiger partial charge in [0.1, 0.15) is 29.5 Å². The predicted octanol–water partition coefficient (Wildman–Crippen LogP) is 12.8. The van der Waals surface area contributed by atoms with E-state index in [0.29, 0.717) is 43.0 Å². The molecule has 0 radical (unpaired) electrons. The maximum Gasteiger partial charge on any atom is 0.306 e. The number of nitrogens with one attached hydrogen (secondary N) is 2. The molecule has 344 valence electrons. The van der Waals surface area contributed by atoms with Crippen LogP contribution < -0.4 is 21.5 Å². The molecule has 1 aromatic carbocycles. The molecule has 0 aliphatic rings. The average Bonchev–Trinajstić information content (AvgIpc) is 3.23. The van der Waals surface area contributed by atoms with Crippen LogP contribution in [0, 0.1) is 0 Å². The minimum Gasteiger partial charge on any atom is -0.462 e. The Balaban J connectivity index is 2.70. The molecule has 0 aliphatic carbocycles. The lowest BCUT2D eigenvalue weighted by molar-refractivity contribution is -0.150. The van der Waals surface area contributed by atoms with Crippen molar-refractivity contribution in [3.8, 4) is 0 Å². The number of unbranched alkanes of at least 4 members (excludes halogenated alkanes) is 20. The number of anilines is 2. The van der Waals surface area contributed by atoms with Crippen LogP contribution in [-0.4, -0.2) is 62.3 Å². The summed E-state index contributed by atoms with van der Waals surface area (Å²) in [7, 11) is 1.67. The number of esters is 1. The maximum atomic E-state index is 13.0. The zero-order valence-corrected chi connectivity index (χ0v) is 39.2. The Hall–Kier alpha value is -2.26. The average molecular weight is 832 g/mol. The third kappa shape index (κ3) is 28.1. The SMILES string of the molecule is CCCCCCCCCOC(CCCC(=O)CCC)N(CCCCCCCC(=O)OC(CCCCCCCC)CCCCCCCC)CCCNc1c(NC)c(=O)c1=O. The van der Waals surface area contributed by atoms with E-state index in [0.717, 1.165) is 110 Å². The fourth-order valence-electron chi connectivity index (χ4n) is 8.15. The lowest BCUT2D eigenvalue weighted by Gasteiger charge is -2.32. The van der Waals surface area contributed by atoms with Gasteiger partial charge in [-0.2, -0.15) is 0 Å². The van der Waals surface area contributed by atoms with Gasteiger partial charge in [-0.25, -0.2) is 0 Å². The van der Waals surface area contributed by atoms with E-state index in [1.54, 1.807) is 7.05 Å². The molecule has 0 saturated carbocycles. The molecule has 0 heterocycles. The topological polar surface area (TPSA) is 114 Å². The van der Waals surface area contributed by atoms with E-state index in [4.69, 9.17) is 9.47 Å². The number of hydrogen-bond acceptors (Lipinski definition) is 9. The van der Waals surface area contributed by atoms with E-state index < -0.39 is 10.9 Å². The third-order valence-electron chi connectivity index (χ3n) is 11.9. The molecule has 1 atom stereocenters. The Morgan fingerprint density at radius 2 is 1.03 bits per heavy atom. The zero-order valence-electron chi connectivity index (χ0n) is 39.2. The quantitative estimate of drug-likeness (QED) is 0.0287. The Bertz CT molecular complexity index is 1200. The summed E-state index contributed by atoms with van der Waals surface area (Å²) in [6, 6.07) is 0. The Morgan fingerprint density at radius 1 is 0.525 bits per heavy atom. The normalized spacial score (nSPS) is 12.2. The molecule has 0 aromatic heterocycles. The highest BCUT2D eigenvalue weighted by Crippen LogP contribution is 2.20. The third-order valence-corrected chi connectivity index (χ3v) is 11.9. The number of Topliss-reactive ketones (excluding diaryl/α,β-unsaturated/α-hetero) is 1. The van der Waals surface area contributed by atoms with E-state index >= 15 is 0 Å². The second kappa shape index (κ2) is 38.6. The molecule has 1 rings (SSSR count). The van der Waals surface area contributed by atoms with Crippen molar-refractivity contribution in [1.82, 2.24) is 4.90 Å². The zero-order chi connectivity index (χ0) is 43.2. The summed E-state index contributed by atoms with van der Waals surface area (Å²) in [6.45, 7) is 11.8. The van der Waals surface area contributed by atoms with Gasteiger partial charge in [-0.15, -0.1) is 0 Å². The maximum absolute atomic E-state index is 13.0. The Labute approximate surface area is 362 Å². The first-order valence-electron chi connectivity index (χ1n) is 25.1. The second-order valence-electron chi connectivity index (χ2n) is 17.3. The summed E-state index contributed by atoms with van der Waals surface area (Å²) in [5.74, 6) is 0.313. The molecule has 1 aromatic rings. The minimum atomic E-state index is -0.457. The summed E-state index contributed by atoms with van der Waals surface area (Å²) in [4.78, 5) is 51.8. The van der Waals surface area contributed by atoms with Crippen LogP contribution in [-0.2, 0) is 19.1 Å². The summed E-state index contributed by atoms with van der Waals surface area (Å²) in [5, 5.41) is 6.04. The van der Waals surface area contributed by atoms with Crippen molar-refractivity contribution in [2.75, 3.05) is 43.9 Å². The Morgan fingerprint density at radius 3 is 1.61 bits per heavy atom. The molecule has 0 spiro atoms. The molecule has 9 heteroatoms. The largest absolute Gasteiger partial charge is 0.462 e. The van der Waals surface area contributed by atoms with Gasteiger partial charge in [0.25, 0.3) is 10.9 Å². The smallest absolute Gasteiger partial charge is 0.306 e. The van der Waals surface area contributed by atoms with Crippen LogP contribution in [0.2, 0.25) is 0 Å². The number of ketones is 1. The van der Waals surface area contributed by atoms with E-state index in [-0.39, 0.29) is 18.3 Å². The van der Waals surface area contributed by atoms with Crippen molar-refractivity contribution in [2.45, 2.75) is 252 Å². The molecule has 0 aliphatic heterocycles. The van der Waals surface area contributed by atoms with Crippen molar-refractivity contribution >= 4 is 23.1 Å². The van der Waals surface area contributed by atoms with Gasteiger partial charge in [0.05, 0.1) is 0 Å². The lowest BCUT2D eigenvalue weighted by Crippen LogP contribution is -2.40. The van der Waals surface area contributed by atoms with E-state index in [1.807, 2.05) is 0 Å². The molecular weight excluding hydrogens is 739 g/mol. The number of ether oxygens (including phenoxy) is 2. The predicted molar refractivity (Wildman–Crippen MR) is 251 cm³/mol. The van der Waals surface area contributed by atoms with Crippen LogP contribution in [0.25, 0.3) is 0 Å². The summed E-state index contributed by atoms with van der Waals surface area (Å²) < 4.78 is 12.7. The van der Waals surface area contributed by atoms with E-state index in [9.17, 15) is 19.2 Å². The van der Waals surface area contributed by atoms with Gasteiger partial charge in [-0.1, -0.05) is 150 Å². The highest BCUT2D eigenvalue weighted by atomic mass is 16.5. The van der Waals surface area contributed by atoms with Crippen molar-refractivity contribution < 1.29 is 19.1 Å². The van der Waals surface area contributed by atoms with E-state index in [1.165, 1.54) is 103 Å². The molecule has 59 heavy (non-hydrogen) atoms. The van der Waals surface area contributed by atoms with Gasteiger partial charge in [-0.05, 0) is 70.6 Å². The number of rotatable bonds is 45. The lowest BCUT2D eigenvalue weighted by atomic mass is 10.0. The van der Waals surface area contributed by atoms with E-state index in [2.05, 4.69) is 43.2 Å². The number of carbonyl (C=O) groups is 2. The minimum absolute atomic E-state index is 0.0179. The van der Waals surface area contributed by atoms with Gasteiger partial charge < -0.3 is 20.1 Å². The van der Waals surface area contributed by atoms with Gasteiger partial charge in [0.2, 0.25) is 0 Å². The van der Waals surface area contributed by atoms with Crippen molar-refractivity contribution in [3.05, 3.63) is 20.4 Å². The van der Waals surface area contributed by atoms with Crippen molar-refractivity contribution in [1.29, 1.82) is 0 Å². The number of nitrogens with zero attached hydrogens (tertiary/aromatic N) is 1. The van der Waals surface area contributed by atoms with Crippen molar-refractivity contribution in [3.63, 3.8) is 0 Å². The molecule has 9 nitrogen and oxygen atoms in total. The van der Waals surface area contributed by atoms with Gasteiger partial charge in [-0.3, -0.25) is 24.1 Å². The summed E-state index contributed by atoms with van der Waals surface area (Å²) in [6.07, 6.45) is 36.0. The Kier molecular flexibility index (Phi) is 35.9. The molecule has 0 saturated heterocycles. The van der Waals surface area contributed by atoms with Crippen LogP contribution in [0.4, 0.5) is 11.4 Å². The molecule has 2 N–H and O–H groups in total. The first-order valence-corrected chi connectivity index (χ1v) is 25.1. The molecule has 1 unspecified atom stereocenters. The fourth-order valence-corrected chi connectivity index (χ4v) is 8.15. The molecular formula is C50H93N3O6. The molecule has 0 amide bonds. The standard InChI is InChI=1S/C50H93N3O6/c1-6-10-13-16-19-25-30-42-58-45(37-31-34-43(54)33-9-4)53(41-32-39-52-48-47(51-5)49(56)50(48)57)40-29-24-20-23-28-38-46(55)59-44(35-26-21-17-14-11-7-2)36-27-22-18-15-12-8-3/h44-45,51-52H,6-42H2,1-5H3. The van der Waals surface area contributed by atoms with Crippen LogP contribution in [0.1, 0.15) is 240 Å². The number of carbonyl (C=O) groups excluding carboxylic acids is 2.